The average Bonchev–Trinajstić information content (AvgIpc) is 3.12. The molecule has 5 heteroatoms. The van der Waals surface area contributed by atoms with Gasteiger partial charge in [-0.1, -0.05) is 25.1 Å². The van der Waals surface area contributed by atoms with E-state index in [4.69, 9.17) is 4.42 Å². The molecule has 0 spiro atoms. The standard InChI is InChI=1S/C21H24N2O3/c1-6-15-18(14(5)24)12(3)22-19(15)21(25)23-13(4)20-11(2)16-9-7-8-10-17(16)26-20/h7-10,13,22H,6H2,1-5H3,(H,23,25). The Morgan fingerprint density at radius 3 is 2.54 bits per heavy atom. The molecule has 3 aromatic rings. The molecule has 2 aromatic heterocycles. The minimum absolute atomic E-state index is 0.0316. The lowest BCUT2D eigenvalue weighted by Crippen LogP contribution is -2.28. The highest BCUT2D eigenvalue weighted by molar-refractivity contribution is 6.02. The molecule has 1 amide bonds. The van der Waals surface area contributed by atoms with E-state index in [1.165, 1.54) is 6.92 Å². The highest BCUT2D eigenvalue weighted by atomic mass is 16.3. The molecule has 0 bridgehead atoms. The van der Waals surface area contributed by atoms with E-state index in [-0.39, 0.29) is 17.7 Å². The first-order valence-electron chi connectivity index (χ1n) is 8.86. The van der Waals surface area contributed by atoms with Gasteiger partial charge in [0.15, 0.2) is 5.78 Å². The van der Waals surface area contributed by atoms with Crippen LogP contribution in [0.1, 0.15) is 70.2 Å². The number of amides is 1. The SMILES string of the molecule is CCc1c(C(=O)NC(C)c2oc3ccccc3c2C)[nH]c(C)c1C(C)=O. The average molecular weight is 352 g/mol. The number of aromatic nitrogens is 1. The maximum absolute atomic E-state index is 12.8. The number of rotatable bonds is 5. The number of benzene rings is 1. The second-order valence-corrected chi connectivity index (χ2v) is 6.67. The Labute approximate surface area is 152 Å². The molecule has 0 aliphatic rings. The molecule has 5 nitrogen and oxygen atoms in total. The van der Waals surface area contributed by atoms with Crippen molar-refractivity contribution in [2.75, 3.05) is 0 Å². The first kappa shape index (κ1) is 18.0. The largest absolute Gasteiger partial charge is 0.459 e. The molecule has 0 radical (unpaired) electrons. The Bertz CT molecular complexity index is 994. The van der Waals surface area contributed by atoms with Crippen molar-refractivity contribution < 1.29 is 14.0 Å². The number of carbonyl (C=O) groups excluding carboxylic acids is 2. The van der Waals surface area contributed by atoms with E-state index < -0.39 is 0 Å². The third kappa shape index (κ3) is 2.94. The molecule has 0 saturated heterocycles. The molecule has 2 heterocycles. The van der Waals surface area contributed by atoms with Crippen molar-refractivity contribution in [2.45, 2.75) is 47.1 Å². The lowest BCUT2D eigenvalue weighted by molar-refractivity contribution is 0.0930. The fourth-order valence-electron chi connectivity index (χ4n) is 3.64. The Morgan fingerprint density at radius 2 is 1.92 bits per heavy atom. The molecular formula is C21H24N2O3. The number of carbonyl (C=O) groups is 2. The smallest absolute Gasteiger partial charge is 0.268 e. The summed E-state index contributed by atoms with van der Waals surface area (Å²) in [6.07, 6.45) is 0.611. The summed E-state index contributed by atoms with van der Waals surface area (Å²) >= 11 is 0. The zero-order valence-electron chi connectivity index (χ0n) is 15.8. The fraction of sp³-hybridized carbons (Fsp3) is 0.333. The van der Waals surface area contributed by atoms with E-state index >= 15 is 0 Å². The van der Waals surface area contributed by atoms with Gasteiger partial charge in [0.25, 0.3) is 5.91 Å². The van der Waals surface area contributed by atoms with Crippen molar-refractivity contribution in [3.8, 4) is 0 Å². The van der Waals surface area contributed by atoms with Crippen molar-refractivity contribution in [2.24, 2.45) is 0 Å². The molecular weight excluding hydrogens is 328 g/mol. The Hall–Kier alpha value is -2.82. The van der Waals surface area contributed by atoms with Crippen LogP contribution in [-0.4, -0.2) is 16.7 Å². The zero-order valence-corrected chi connectivity index (χ0v) is 15.8. The zero-order chi connectivity index (χ0) is 19.0. The van der Waals surface area contributed by atoms with Gasteiger partial charge in [0.2, 0.25) is 0 Å². The highest BCUT2D eigenvalue weighted by Crippen LogP contribution is 2.29. The van der Waals surface area contributed by atoms with Crippen LogP contribution >= 0.6 is 0 Å². The van der Waals surface area contributed by atoms with Crippen molar-refractivity contribution in [3.63, 3.8) is 0 Å². The number of hydrogen-bond acceptors (Lipinski definition) is 3. The molecule has 1 unspecified atom stereocenters. The van der Waals surface area contributed by atoms with E-state index in [1.807, 2.05) is 52.0 Å². The normalized spacial score (nSPS) is 12.3. The third-order valence-corrected chi connectivity index (χ3v) is 4.85. The van der Waals surface area contributed by atoms with Crippen molar-refractivity contribution in [1.82, 2.24) is 10.3 Å². The van der Waals surface area contributed by atoms with E-state index in [9.17, 15) is 9.59 Å². The topological polar surface area (TPSA) is 75.1 Å². The number of Topliss-reactive ketones (excluding diaryl/α,β-unsaturated/α-hetero) is 1. The van der Waals surface area contributed by atoms with Crippen molar-refractivity contribution in [3.05, 3.63) is 58.1 Å². The number of nitrogens with one attached hydrogen (secondary N) is 2. The van der Waals surface area contributed by atoms with Crippen molar-refractivity contribution in [1.29, 1.82) is 0 Å². The van der Waals surface area contributed by atoms with Crippen LogP contribution in [0.5, 0.6) is 0 Å². The van der Waals surface area contributed by atoms with Gasteiger partial charge in [0.1, 0.15) is 17.0 Å². The third-order valence-electron chi connectivity index (χ3n) is 4.85. The first-order valence-corrected chi connectivity index (χ1v) is 8.86. The summed E-state index contributed by atoms with van der Waals surface area (Å²) < 4.78 is 5.94. The minimum Gasteiger partial charge on any atom is -0.459 e. The van der Waals surface area contributed by atoms with E-state index in [1.54, 1.807) is 0 Å². The summed E-state index contributed by atoms with van der Waals surface area (Å²) in [5.41, 5.74) is 4.40. The summed E-state index contributed by atoms with van der Waals surface area (Å²) in [6.45, 7) is 9.18. The van der Waals surface area contributed by atoms with Gasteiger partial charge < -0.3 is 14.7 Å². The number of ketones is 1. The van der Waals surface area contributed by atoms with Gasteiger partial charge in [-0.25, -0.2) is 0 Å². The van der Waals surface area contributed by atoms with Crippen LogP contribution in [-0.2, 0) is 6.42 Å². The number of hydrogen-bond donors (Lipinski definition) is 2. The Balaban J connectivity index is 1.91. The van der Waals surface area contributed by atoms with E-state index in [2.05, 4.69) is 10.3 Å². The summed E-state index contributed by atoms with van der Waals surface area (Å²) in [4.78, 5) is 27.8. The molecule has 136 valence electrons. The Kier molecular flexibility index (Phi) is 4.72. The summed E-state index contributed by atoms with van der Waals surface area (Å²) in [5.74, 6) is 0.480. The second kappa shape index (κ2) is 6.83. The summed E-state index contributed by atoms with van der Waals surface area (Å²) in [5, 5.41) is 4.04. The van der Waals surface area contributed by atoms with Crippen LogP contribution in [0.4, 0.5) is 0 Å². The second-order valence-electron chi connectivity index (χ2n) is 6.67. The summed E-state index contributed by atoms with van der Waals surface area (Å²) in [7, 11) is 0. The van der Waals surface area contributed by atoms with Crippen LogP contribution in [0.2, 0.25) is 0 Å². The lowest BCUT2D eigenvalue weighted by atomic mass is 10.0. The van der Waals surface area contributed by atoms with Crippen molar-refractivity contribution >= 4 is 22.7 Å². The van der Waals surface area contributed by atoms with Gasteiger partial charge in [-0.15, -0.1) is 0 Å². The quantitative estimate of drug-likeness (QED) is 0.657. The monoisotopic (exact) mass is 352 g/mol. The first-order chi connectivity index (χ1) is 12.3. The molecule has 3 rings (SSSR count). The maximum atomic E-state index is 12.8. The molecule has 1 aromatic carbocycles. The van der Waals surface area contributed by atoms with Crippen LogP contribution in [0.15, 0.2) is 28.7 Å². The number of para-hydroxylation sites is 1. The fourth-order valence-corrected chi connectivity index (χ4v) is 3.64. The minimum atomic E-state index is -0.288. The molecule has 0 aliphatic carbocycles. The maximum Gasteiger partial charge on any atom is 0.268 e. The predicted molar refractivity (Wildman–Crippen MR) is 102 cm³/mol. The van der Waals surface area contributed by atoms with E-state index in [0.717, 1.165) is 33.6 Å². The number of aromatic amines is 1. The molecule has 26 heavy (non-hydrogen) atoms. The van der Waals surface area contributed by atoms with Crippen LogP contribution in [0.25, 0.3) is 11.0 Å². The number of fused-ring (bicyclic) bond motifs is 1. The molecule has 2 N–H and O–H groups in total. The molecule has 0 aliphatic heterocycles. The van der Waals surface area contributed by atoms with Gasteiger partial charge in [0, 0.05) is 22.2 Å². The molecule has 0 fully saturated rings. The molecule has 0 saturated carbocycles. The lowest BCUT2D eigenvalue weighted by Gasteiger charge is -2.13. The van der Waals surface area contributed by atoms with Gasteiger partial charge in [-0.3, -0.25) is 9.59 Å². The molecule has 1 atom stereocenters. The predicted octanol–water partition coefficient (Wildman–Crippen LogP) is 4.63. The van der Waals surface area contributed by atoms with Gasteiger partial charge in [-0.05, 0) is 45.7 Å². The van der Waals surface area contributed by atoms with Crippen LogP contribution < -0.4 is 5.32 Å². The van der Waals surface area contributed by atoms with Gasteiger partial charge in [-0.2, -0.15) is 0 Å². The number of H-pyrrole nitrogens is 1. The van der Waals surface area contributed by atoms with Crippen LogP contribution in [0.3, 0.4) is 0 Å². The summed E-state index contributed by atoms with van der Waals surface area (Å²) in [6, 6.07) is 7.54. The van der Waals surface area contributed by atoms with Crippen LogP contribution in [0, 0.1) is 13.8 Å². The highest BCUT2D eigenvalue weighted by Gasteiger charge is 2.24. The van der Waals surface area contributed by atoms with Gasteiger partial charge in [0.05, 0.1) is 6.04 Å². The van der Waals surface area contributed by atoms with Gasteiger partial charge >= 0.3 is 0 Å². The Morgan fingerprint density at radius 1 is 1.23 bits per heavy atom. The number of furan rings is 1. The number of aryl methyl sites for hydroxylation is 2. The van der Waals surface area contributed by atoms with E-state index in [0.29, 0.717) is 17.7 Å².